The molecular formula is C16H24N6OS. The summed E-state index contributed by atoms with van der Waals surface area (Å²) in [6.45, 7) is 5.56. The number of carbonyl (C=O) groups is 1. The van der Waals surface area contributed by atoms with E-state index < -0.39 is 0 Å². The van der Waals surface area contributed by atoms with Gasteiger partial charge in [-0.15, -0.1) is 5.10 Å². The lowest BCUT2D eigenvalue weighted by molar-refractivity contribution is -0.118. The second kappa shape index (κ2) is 9.27. The summed E-state index contributed by atoms with van der Waals surface area (Å²) in [5.74, 6) is 0.322. The monoisotopic (exact) mass is 348 g/mol. The molecule has 0 atom stereocenters. The first-order valence-corrected chi connectivity index (χ1v) is 9.00. The van der Waals surface area contributed by atoms with Crippen molar-refractivity contribution in [3.63, 3.8) is 0 Å². The van der Waals surface area contributed by atoms with Gasteiger partial charge in [0.1, 0.15) is 0 Å². The first-order chi connectivity index (χ1) is 11.6. The summed E-state index contributed by atoms with van der Waals surface area (Å²) in [5.41, 5.74) is 1.18. The van der Waals surface area contributed by atoms with E-state index in [1.54, 1.807) is 4.68 Å². The molecule has 0 aliphatic heterocycles. The van der Waals surface area contributed by atoms with Crippen LogP contribution in [-0.2, 0) is 4.79 Å². The van der Waals surface area contributed by atoms with Gasteiger partial charge in [0.05, 0.1) is 11.8 Å². The fourth-order valence-corrected chi connectivity index (χ4v) is 2.98. The van der Waals surface area contributed by atoms with Gasteiger partial charge in [0.15, 0.2) is 0 Å². The molecule has 0 spiro atoms. The van der Waals surface area contributed by atoms with E-state index in [2.05, 4.69) is 44.9 Å². The maximum Gasteiger partial charge on any atom is 0.230 e. The molecule has 2 rings (SSSR count). The lowest BCUT2D eigenvalue weighted by Crippen LogP contribution is -2.29. The molecule has 0 unspecified atom stereocenters. The Morgan fingerprint density at radius 3 is 2.79 bits per heavy atom. The minimum atomic E-state index is 0.000621. The van der Waals surface area contributed by atoms with Crippen molar-refractivity contribution in [1.82, 2.24) is 25.5 Å². The average molecular weight is 348 g/mol. The largest absolute Gasteiger partial charge is 0.375 e. The van der Waals surface area contributed by atoms with Crippen LogP contribution in [0.1, 0.15) is 26.3 Å². The fraction of sp³-hybridized carbons (Fsp3) is 0.500. The highest BCUT2D eigenvalue weighted by atomic mass is 32.2. The van der Waals surface area contributed by atoms with Crippen molar-refractivity contribution in [3.8, 4) is 0 Å². The van der Waals surface area contributed by atoms with Gasteiger partial charge in [-0.25, -0.2) is 4.68 Å². The zero-order chi connectivity index (χ0) is 17.4. The van der Waals surface area contributed by atoms with Crippen LogP contribution < -0.4 is 10.2 Å². The molecule has 24 heavy (non-hydrogen) atoms. The molecule has 0 aliphatic carbocycles. The Hall–Kier alpha value is -2.09. The van der Waals surface area contributed by atoms with E-state index in [4.69, 9.17) is 0 Å². The maximum absolute atomic E-state index is 11.9. The SMILES string of the molecule is CC(C)n1nnnc1SCC(=O)NCCCN(C)c1ccccc1. The number of aromatic nitrogens is 4. The summed E-state index contributed by atoms with van der Waals surface area (Å²) in [5, 5.41) is 15.1. The van der Waals surface area contributed by atoms with Gasteiger partial charge in [-0.3, -0.25) is 4.79 Å². The Morgan fingerprint density at radius 1 is 1.33 bits per heavy atom. The zero-order valence-corrected chi connectivity index (χ0v) is 15.2. The Bertz CT molecular complexity index is 631. The van der Waals surface area contributed by atoms with E-state index in [1.165, 1.54) is 17.4 Å². The lowest BCUT2D eigenvalue weighted by atomic mass is 10.3. The molecule has 1 amide bonds. The number of thioether (sulfide) groups is 1. The van der Waals surface area contributed by atoms with Crippen molar-refractivity contribution < 1.29 is 4.79 Å². The smallest absolute Gasteiger partial charge is 0.230 e. The van der Waals surface area contributed by atoms with Gasteiger partial charge in [-0.2, -0.15) is 0 Å². The summed E-state index contributed by atoms with van der Waals surface area (Å²) in [4.78, 5) is 14.1. The second-order valence-corrected chi connectivity index (χ2v) is 6.69. The normalized spacial score (nSPS) is 10.8. The van der Waals surface area contributed by atoms with Gasteiger partial charge in [0.25, 0.3) is 0 Å². The van der Waals surface area contributed by atoms with Gasteiger partial charge in [-0.1, -0.05) is 30.0 Å². The van der Waals surface area contributed by atoms with Crippen molar-refractivity contribution in [3.05, 3.63) is 30.3 Å². The molecule has 0 bridgehead atoms. The van der Waals surface area contributed by atoms with Crippen LogP contribution >= 0.6 is 11.8 Å². The van der Waals surface area contributed by atoms with Crippen LogP contribution in [0.4, 0.5) is 5.69 Å². The highest BCUT2D eigenvalue weighted by Crippen LogP contribution is 2.16. The molecule has 2 aromatic rings. The van der Waals surface area contributed by atoms with Crippen LogP contribution in [0.25, 0.3) is 0 Å². The molecule has 0 fully saturated rings. The molecule has 8 heteroatoms. The van der Waals surface area contributed by atoms with E-state index in [1.807, 2.05) is 32.0 Å². The summed E-state index contributed by atoms with van der Waals surface area (Å²) >= 11 is 1.36. The molecule has 1 aromatic heterocycles. The van der Waals surface area contributed by atoms with Crippen molar-refractivity contribution in [2.45, 2.75) is 31.5 Å². The van der Waals surface area contributed by atoms with Crippen molar-refractivity contribution in [1.29, 1.82) is 0 Å². The number of amides is 1. The number of para-hydroxylation sites is 1. The third-order valence-electron chi connectivity index (χ3n) is 3.47. The maximum atomic E-state index is 11.9. The van der Waals surface area contributed by atoms with Crippen LogP contribution in [0.5, 0.6) is 0 Å². The number of anilines is 1. The Labute approximate surface area is 146 Å². The molecule has 1 N–H and O–H groups in total. The first kappa shape index (κ1) is 18.3. The number of nitrogens with zero attached hydrogens (tertiary/aromatic N) is 5. The van der Waals surface area contributed by atoms with Crippen LogP contribution in [0.2, 0.25) is 0 Å². The molecule has 0 radical (unpaired) electrons. The number of carbonyl (C=O) groups excluding carboxylic acids is 1. The minimum absolute atomic E-state index is 0.000621. The number of hydrogen-bond donors (Lipinski definition) is 1. The van der Waals surface area contributed by atoms with Crippen molar-refractivity contribution in [2.75, 3.05) is 30.8 Å². The summed E-state index contributed by atoms with van der Waals surface area (Å²) in [7, 11) is 2.05. The van der Waals surface area contributed by atoms with Crippen LogP contribution in [0.15, 0.2) is 35.5 Å². The molecule has 7 nitrogen and oxygen atoms in total. The van der Waals surface area contributed by atoms with Crippen molar-refractivity contribution >= 4 is 23.4 Å². The summed E-state index contributed by atoms with van der Waals surface area (Å²) in [6, 6.07) is 10.4. The minimum Gasteiger partial charge on any atom is -0.375 e. The summed E-state index contributed by atoms with van der Waals surface area (Å²) < 4.78 is 1.72. The number of benzene rings is 1. The van der Waals surface area contributed by atoms with Gasteiger partial charge < -0.3 is 10.2 Å². The Balaban J connectivity index is 1.64. The summed E-state index contributed by atoms with van der Waals surface area (Å²) in [6.07, 6.45) is 0.894. The lowest BCUT2D eigenvalue weighted by Gasteiger charge is -2.19. The second-order valence-electron chi connectivity index (χ2n) is 5.75. The molecule has 0 saturated carbocycles. The van der Waals surface area contributed by atoms with Gasteiger partial charge in [-0.05, 0) is 42.8 Å². The van der Waals surface area contributed by atoms with Crippen LogP contribution in [0.3, 0.4) is 0 Å². The third kappa shape index (κ3) is 5.52. The molecule has 1 aromatic carbocycles. The van der Waals surface area contributed by atoms with E-state index in [0.717, 1.165) is 13.0 Å². The van der Waals surface area contributed by atoms with Gasteiger partial charge >= 0.3 is 0 Å². The Morgan fingerprint density at radius 2 is 2.08 bits per heavy atom. The zero-order valence-electron chi connectivity index (χ0n) is 14.3. The van der Waals surface area contributed by atoms with Crippen LogP contribution in [-0.4, -0.2) is 52.0 Å². The van der Waals surface area contributed by atoms with E-state index in [9.17, 15) is 4.79 Å². The Kier molecular flexibility index (Phi) is 7.05. The molecule has 0 saturated heterocycles. The highest BCUT2D eigenvalue weighted by molar-refractivity contribution is 7.99. The topological polar surface area (TPSA) is 75.9 Å². The number of tetrazole rings is 1. The highest BCUT2D eigenvalue weighted by Gasteiger charge is 2.11. The van der Waals surface area contributed by atoms with E-state index >= 15 is 0 Å². The fourth-order valence-electron chi connectivity index (χ4n) is 2.14. The third-order valence-corrected chi connectivity index (χ3v) is 4.41. The van der Waals surface area contributed by atoms with E-state index in [-0.39, 0.29) is 11.9 Å². The predicted octanol–water partition coefficient (Wildman–Crippen LogP) is 1.99. The number of rotatable bonds is 9. The van der Waals surface area contributed by atoms with Crippen molar-refractivity contribution in [2.24, 2.45) is 0 Å². The molecule has 0 aliphatic rings. The quantitative estimate of drug-likeness (QED) is 0.552. The molecule has 1 heterocycles. The van der Waals surface area contributed by atoms with Gasteiger partial charge in [0, 0.05) is 25.8 Å². The standard InChI is InChI=1S/C16H24N6OS/c1-13(2)22-16(18-19-20-22)24-12-15(23)17-10-7-11-21(3)14-8-5-4-6-9-14/h4-6,8-9,13H,7,10-12H2,1-3H3,(H,17,23). The van der Waals surface area contributed by atoms with Gasteiger partial charge in [0.2, 0.25) is 11.1 Å². The first-order valence-electron chi connectivity index (χ1n) is 8.01. The average Bonchev–Trinajstić information content (AvgIpc) is 3.06. The van der Waals surface area contributed by atoms with Crippen LogP contribution in [0, 0.1) is 0 Å². The number of hydrogen-bond acceptors (Lipinski definition) is 6. The number of nitrogens with one attached hydrogen (secondary N) is 1. The molecular weight excluding hydrogens is 324 g/mol. The molecule has 130 valence electrons. The van der Waals surface area contributed by atoms with E-state index in [0.29, 0.717) is 17.5 Å². The predicted molar refractivity (Wildman–Crippen MR) is 96.3 cm³/mol.